The Balaban J connectivity index is 0.00000486. The molecule has 1 saturated heterocycles. The number of carbonyl (C=O) groups is 3. The van der Waals surface area contributed by atoms with Crippen molar-refractivity contribution in [2.45, 2.75) is 59.9 Å². The van der Waals surface area contributed by atoms with Gasteiger partial charge in [-0.25, -0.2) is 0 Å². The third-order valence-corrected chi connectivity index (χ3v) is 10.1. The second-order valence-corrected chi connectivity index (χ2v) is 12.7. The van der Waals surface area contributed by atoms with Gasteiger partial charge in [-0.15, -0.1) is 33.1 Å². The summed E-state index contributed by atoms with van der Waals surface area (Å²) in [6, 6.07) is -0.639. The number of nitrogens with zero attached hydrogens (tertiary/aromatic N) is 4. The number of ether oxygens (including phenoxy) is 2. The van der Waals surface area contributed by atoms with Gasteiger partial charge in [0.15, 0.2) is 5.78 Å². The van der Waals surface area contributed by atoms with E-state index in [0.717, 1.165) is 28.6 Å². The molecule has 1 unspecified atom stereocenters. The van der Waals surface area contributed by atoms with Crippen LogP contribution in [0.4, 0.5) is 0 Å². The molecule has 11 heteroatoms. The molecule has 0 aromatic carbocycles. The third-order valence-electron chi connectivity index (χ3n) is 10.1. The first-order chi connectivity index (χ1) is 23.6. The Bertz CT molecular complexity index is 2200. The molecule has 0 radical (unpaired) electrons. The summed E-state index contributed by atoms with van der Waals surface area (Å²) < 4.78 is 10.6. The first kappa shape index (κ1) is 36.8. The molecule has 3 aliphatic rings. The molecule has 10 nitrogen and oxygen atoms in total. The van der Waals surface area contributed by atoms with Crippen LogP contribution in [0.15, 0.2) is 24.4 Å². The van der Waals surface area contributed by atoms with Crippen LogP contribution in [-0.4, -0.2) is 65.6 Å². The Morgan fingerprint density at radius 3 is 2.44 bits per heavy atom. The molecule has 3 aromatic heterocycles. The van der Waals surface area contributed by atoms with Crippen LogP contribution in [0.1, 0.15) is 83.3 Å². The third kappa shape index (κ3) is 6.10. The smallest absolute Gasteiger partial charge is 0.681 e. The Hall–Kier alpha value is -4.48. The van der Waals surface area contributed by atoms with E-state index in [0.29, 0.717) is 67.9 Å². The Morgan fingerprint density at radius 2 is 1.78 bits per heavy atom. The van der Waals surface area contributed by atoms with Gasteiger partial charge in [-0.3, -0.25) is 14.4 Å². The molecule has 1 aliphatic carbocycles. The number of fused-ring (bicyclic) bond motifs is 8. The number of methoxy groups -OCH3 is 1. The summed E-state index contributed by atoms with van der Waals surface area (Å²) in [6.07, 6.45) is 13.1. The molecule has 8 bridgehead atoms. The van der Waals surface area contributed by atoms with Crippen LogP contribution in [0.3, 0.4) is 0 Å². The number of carbonyl (C=O) groups excluding carboxylic acids is 3. The molecule has 0 spiro atoms. The number of hydrogen-bond donors (Lipinski definition) is 1. The van der Waals surface area contributed by atoms with Crippen molar-refractivity contribution in [1.29, 1.82) is 0 Å². The van der Waals surface area contributed by atoms with Gasteiger partial charge in [-0.2, -0.15) is 5.70 Å². The number of hydrogen-bond acceptors (Lipinski definition) is 6. The van der Waals surface area contributed by atoms with E-state index in [1.165, 1.54) is 7.11 Å². The maximum atomic E-state index is 14.1. The second-order valence-electron chi connectivity index (χ2n) is 12.7. The average Bonchev–Trinajstić information content (AvgIpc) is 3.84. The van der Waals surface area contributed by atoms with Crippen molar-refractivity contribution in [1.82, 2.24) is 15.0 Å². The SMILES string of the molecule is C=Cc1c2[n-]c(c1C)/C=C1\[N-]C(C3=c4[n-]/c(c(C)c4C(=O)[C@@H]3C(=O)OC)=C\c3[n-]c(/c(=C/O)c3CC)=C\2)[C@@H](CCC(=O)OC/C=C\C)[C@@H]1C.[Mg+2]. The van der Waals surface area contributed by atoms with Gasteiger partial charge in [0.05, 0.1) is 13.4 Å². The van der Waals surface area contributed by atoms with E-state index in [9.17, 15) is 19.5 Å². The Labute approximate surface area is 307 Å². The average molecular weight is 685 g/mol. The topological polar surface area (TPSA) is 146 Å². The number of esters is 2. The summed E-state index contributed by atoms with van der Waals surface area (Å²) in [4.78, 5) is 55.2. The molecule has 0 amide bonds. The number of rotatable bonds is 8. The Morgan fingerprint density at radius 1 is 1.04 bits per heavy atom. The van der Waals surface area contributed by atoms with Gasteiger partial charge < -0.3 is 34.8 Å². The van der Waals surface area contributed by atoms with E-state index >= 15 is 0 Å². The van der Waals surface area contributed by atoms with Crippen LogP contribution in [-0.2, 0) is 25.5 Å². The zero-order chi connectivity index (χ0) is 35.1. The molecule has 1 N–H and O–H groups in total. The summed E-state index contributed by atoms with van der Waals surface area (Å²) in [5.74, 6) is -3.04. The summed E-state index contributed by atoms with van der Waals surface area (Å²) >= 11 is 0. The summed E-state index contributed by atoms with van der Waals surface area (Å²) in [5, 5.41) is 17.6. The van der Waals surface area contributed by atoms with E-state index in [4.69, 9.17) is 29.7 Å². The zero-order valence-corrected chi connectivity index (χ0v) is 30.8. The first-order valence-corrected chi connectivity index (χ1v) is 16.6. The Kier molecular flexibility index (Phi) is 10.9. The van der Waals surface area contributed by atoms with E-state index in [-0.39, 0.29) is 59.7 Å². The van der Waals surface area contributed by atoms with Crippen molar-refractivity contribution in [3.63, 3.8) is 0 Å². The van der Waals surface area contributed by atoms with Crippen LogP contribution in [0.25, 0.3) is 41.5 Å². The maximum absolute atomic E-state index is 14.1. The van der Waals surface area contributed by atoms with E-state index in [2.05, 4.69) is 6.58 Å². The van der Waals surface area contributed by atoms with Crippen LogP contribution < -0.4 is 36.2 Å². The molecule has 3 aromatic rings. The first-order valence-electron chi connectivity index (χ1n) is 16.6. The van der Waals surface area contributed by atoms with Gasteiger partial charge in [0.1, 0.15) is 12.5 Å². The number of Topliss-reactive ketones (excluding diaryl/α,β-unsaturated/α-hetero) is 1. The molecule has 4 atom stereocenters. The molecule has 1 fully saturated rings. The number of ketones is 1. The van der Waals surface area contributed by atoms with Crippen molar-refractivity contribution in [2.75, 3.05) is 13.7 Å². The number of allylic oxidation sites excluding steroid dienone is 2. The molecule has 5 heterocycles. The van der Waals surface area contributed by atoms with Gasteiger partial charge in [-0.05, 0) is 56.2 Å². The molecule has 0 saturated carbocycles. The fourth-order valence-electron chi connectivity index (χ4n) is 7.45. The molecule has 2 aliphatic heterocycles. The predicted octanol–water partition coefficient (Wildman–Crippen LogP) is 2.35. The van der Waals surface area contributed by atoms with Gasteiger partial charge in [0.2, 0.25) is 0 Å². The van der Waals surface area contributed by atoms with E-state index < -0.39 is 17.9 Å². The van der Waals surface area contributed by atoms with Crippen LogP contribution >= 0.6 is 0 Å². The second kappa shape index (κ2) is 14.8. The minimum atomic E-state index is -1.21. The monoisotopic (exact) mass is 684 g/mol. The summed E-state index contributed by atoms with van der Waals surface area (Å²) in [6.45, 7) is 13.9. The number of aliphatic hydroxyl groups is 1. The quantitative estimate of drug-likeness (QED) is 0.164. The zero-order valence-electron chi connectivity index (χ0n) is 29.4. The van der Waals surface area contributed by atoms with E-state index in [1.54, 1.807) is 12.2 Å². The molecule has 256 valence electrons. The summed E-state index contributed by atoms with van der Waals surface area (Å²) in [5.41, 5.74) is 6.69. The van der Waals surface area contributed by atoms with E-state index in [1.807, 2.05) is 58.9 Å². The standard InChI is InChI=1S/C39H40N4O6.Mg/c1-8-11-14-49-32(45)13-12-24-20(5)27-15-26-19(4)22(9-2)29(40-26)17-31-25(18-44)23(10-3)30(41-31)16-28-21(6)33-37(43-28)34(36(24)42-27)35(38(33)46)39(47)48-7;/h8-9,11,15-18,20,24,35-36H,2,10,12-14H2,1,3-7H3,(H,44,46);/q-4;+2/b11-8-,27-15-,31-17-;/t20-,24-,35+,36?;/m0./s1. The maximum Gasteiger partial charge on any atom is 2.00 e. The van der Waals surface area contributed by atoms with Gasteiger partial charge in [0, 0.05) is 12.0 Å². The van der Waals surface area contributed by atoms with Crippen LogP contribution in [0.5, 0.6) is 0 Å². The molecule has 6 rings (SSSR count). The number of aliphatic hydroxyl groups excluding tert-OH is 1. The molecular weight excluding hydrogens is 645 g/mol. The normalized spacial score (nSPS) is 23.3. The van der Waals surface area contributed by atoms with Crippen molar-refractivity contribution >= 4 is 76.9 Å². The van der Waals surface area contributed by atoms with Crippen LogP contribution in [0.2, 0.25) is 0 Å². The minimum Gasteiger partial charge on any atom is -0.681 e. The summed E-state index contributed by atoms with van der Waals surface area (Å²) in [7, 11) is 1.27. The minimum absolute atomic E-state index is 0. The number of aromatic nitrogens is 3. The van der Waals surface area contributed by atoms with Gasteiger partial charge >= 0.3 is 35.0 Å². The van der Waals surface area contributed by atoms with Crippen LogP contribution in [0, 0.1) is 31.6 Å². The fraction of sp³-hybridized carbons (Fsp3) is 0.359. The van der Waals surface area contributed by atoms with Gasteiger partial charge in [0.25, 0.3) is 0 Å². The van der Waals surface area contributed by atoms with Gasteiger partial charge in [-0.1, -0.05) is 85.2 Å². The van der Waals surface area contributed by atoms with Crippen molar-refractivity contribution < 1.29 is 29.0 Å². The predicted molar refractivity (Wildman–Crippen MR) is 193 cm³/mol. The molecular formula is C39H40MgN4O6-2. The van der Waals surface area contributed by atoms with Crippen molar-refractivity contribution in [3.8, 4) is 0 Å². The van der Waals surface area contributed by atoms with Crippen molar-refractivity contribution in [2.24, 2.45) is 17.8 Å². The fourth-order valence-corrected chi connectivity index (χ4v) is 7.45. The largest absolute Gasteiger partial charge is 2.00 e. The van der Waals surface area contributed by atoms with Crippen molar-refractivity contribution in [3.05, 3.63) is 95.9 Å². The molecule has 50 heavy (non-hydrogen) atoms.